The van der Waals surface area contributed by atoms with Gasteiger partial charge < -0.3 is 5.11 Å². The largest absolute Gasteiger partial charge is 0.385 e. The predicted octanol–water partition coefficient (Wildman–Crippen LogP) is 3.57. The molecule has 1 heteroatoms. The van der Waals surface area contributed by atoms with Crippen LogP contribution in [-0.4, -0.2) is 5.11 Å². The van der Waals surface area contributed by atoms with Crippen molar-refractivity contribution in [1.82, 2.24) is 0 Å². The van der Waals surface area contributed by atoms with Gasteiger partial charge in [0.15, 0.2) is 0 Å². The number of rotatable bonds is 2. The van der Waals surface area contributed by atoms with Crippen LogP contribution in [0.15, 0.2) is 36.4 Å². The summed E-state index contributed by atoms with van der Waals surface area (Å²) >= 11 is 0. The average molecular weight is 216 g/mol. The summed E-state index contributed by atoms with van der Waals surface area (Å²) in [7, 11) is 0. The van der Waals surface area contributed by atoms with Crippen LogP contribution >= 0.6 is 0 Å². The van der Waals surface area contributed by atoms with E-state index in [-0.39, 0.29) is 0 Å². The van der Waals surface area contributed by atoms with E-state index in [1.165, 1.54) is 11.1 Å². The van der Waals surface area contributed by atoms with Crippen molar-refractivity contribution in [2.24, 2.45) is 0 Å². The molecule has 0 aromatic heterocycles. The third-order valence-corrected chi connectivity index (χ3v) is 3.66. The lowest BCUT2D eigenvalue weighted by Gasteiger charge is -2.33. The predicted molar refractivity (Wildman–Crippen MR) is 67.3 cm³/mol. The molecule has 0 bridgehead atoms. The molecule has 2 rings (SSSR count). The van der Waals surface area contributed by atoms with Crippen molar-refractivity contribution in [3.8, 4) is 0 Å². The maximum Gasteiger partial charge on any atom is 0.0902 e. The van der Waals surface area contributed by atoms with E-state index in [2.05, 4.69) is 31.7 Å². The van der Waals surface area contributed by atoms with Crippen molar-refractivity contribution >= 4 is 0 Å². The maximum atomic E-state index is 10.6. The number of benzene rings is 1. The van der Waals surface area contributed by atoms with E-state index in [0.29, 0.717) is 0 Å². The topological polar surface area (TPSA) is 20.2 Å². The van der Waals surface area contributed by atoms with Crippen LogP contribution < -0.4 is 0 Å². The smallest absolute Gasteiger partial charge is 0.0902 e. The van der Waals surface area contributed by atoms with Crippen molar-refractivity contribution in [2.45, 2.75) is 44.6 Å². The number of hydrogen-bond acceptors (Lipinski definition) is 1. The Morgan fingerprint density at radius 3 is 2.62 bits per heavy atom. The first-order chi connectivity index (χ1) is 7.64. The van der Waals surface area contributed by atoms with Crippen LogP contribution in [0.1, 0.15) is 43.7 Å². The lowest BCUT2D eigenvalue weighted by molar-refractivity contribution is 0.00933. The van der Waals surface area contributed by atoms with Gasteiger partial charge in [0, 0.05) is 0 Å². The van der Waals surface area contributed by atoms with E-state index in [9.17, 15) is 5.11 Å². The van der Waals surface area contributed by atoms with Crippen LogP contribution in [0, 0.1) is 0 Å². The van der Waals surface area contributed by atoms with Gasteiger partial charge >= 0.3 is 0 Å². The molecule has 1 aliphatic rings. The van der Waals surface area contributed by atoms with Gasteiger partial charge in [-0.05, 0) is 43.2 Å². The van der Waals surface area contributed by atoms with Crippen LogP contribution in [0.4, 0.5) is 0 Å². The maximum absolute atomic E-state index is 10.6. The first-order valence-electron chi connectivity index (χ1n) is 6.12. The van der Waals surface area contributed by atoms with Gasteiger partial charge in [0.25, 0.3) is 0 Å². The highest BCUT2D eigenvalue weighted by Crippen LogP contribution is 2.38. The molecular weight excluding hydrogens is 196 g/mol. The van der Waals surface area contributed by atoms with E-state index in [1.54, 1.807) is 0 Å². The summed E-state index contributed by atoms with van der Waals surface area (Å²) < 4.78 is 0. The van der Waals surface area contributed by atoms with Gasteiger partial charge in [-0.15, -0.1) is 0 Å². The molecular formula is C15H20O. The fourth-order valence-corrected chi connectivity index (χ4v) is 2.39. The third-order valence-electron chi connectivity index (χ3n) is 3.66. The van der Waals surface area contributed by atoms with Crippen LogP contribution in [0.3, 0.4) is 0 Å². The molecule has 0 aliphatic heterocycles. The molecule has 0 amide bonds. The Morgan fingerprint density at radius 1 is 1.31 bits per heavy atom. The van der Waals surface area contributed by atoms with Crippen molar-refractivity contribution in [1.29, 1.82) is 0 Å². The molecule has 1 fully saturated rings. The van der Waals surface area contributed by atoms with Gasteiger partial charge in [0.05, 0.1) is 5.60 Å². The average Bonchev–Trinajstić information content (AvgIpc) is 2.33. The Morgan fingerprint density at radius 2 is 2.00 bits per heavy atom. The van der Waals surface area contributed by atoms with Crippen molar-refractivity contribution in [3.05, 3.63) is 47.5 Å². The minimum Gasteiger partial charge on any atom is -0.385 e. The molecule has 0 saturated heterocycles. The first kappa shape index (κ1) is 11.4. The van der Waals surface area contributed by atoms with Crippen molar-refractivity contribution in [3.63, 3.8) is 0 Å². The summed E-state index contributed by atoms with van der Waals surface area (Å²) in [4.78, 5) is 0. The normalized spacial score (nSPS) is 19.8. The number of hydrogen-bond donors (Lipinski definition) is 1. The first-order valence-corrected chi connectivity index (χ1v) is 6.12. The third kappa shape index (κ3) is 2.19. The Bertz CT molecular complexity index is 382. The highest BCUT2D eigenvalue weighted by molar-refractivity contribution is 5.29. The molecule has 1 saturated carbocycles. The minimum absolute atomic E-state index is 0.619. The SMILES string of the molecule is C=C1CCC(O)(c2cccc(CC)c2)CC1. The molecule has 0 heterocycles. The number of aliphatic hydroxyl groups is 1. The summed E-state index contributed by atoms with van der Waals surface area (Å²) in [6.45, 7) is 6.14. The fraction of sp³-hybridized carbons (Fsp3) is 0.467. The van der Waals surface area contributed by atoms with E-state index in [1.807, 2.05) is 6.07 Å². The molecule has 1 aliphatic carbocycles. The van der Waals surface area contributed by atoms with Crippen LogP contribution in [0.25, 0.3) is 0 Å². The van der Waals surface area contributed by atoms with Crippen molar-refractivity contribution < 1.29 is 5.11 Å². The molecule has 86 valence electrons. The van der Waals surface area contributed by atoms with Crippen LogP contribution in [-0.2, 0) is 12.0 Å². The van der Waals surface area contributed by atoms with Crippen LogP contribution in [0.5, 0.6) is 0 Å². The van der Waals surface area contributed by atoms with Crippen LogP contribution in [0.2, 0.25) is 0 Å². The summed E-state index contributed by atoms with van der Waals surface area (Å²) in [6, 6.07) is 8.37. The Kier molecular flexibility index (Phi) is 3.15. The number of allylic oxidation sites excluding steroid dienone is 1. The Balaban J connectivity index is 2.25. The van der Waals surface area contributed by atoms with E-state index in [0.717, 1.165) is 37.7 Å². The molecule has 1 N–H and O–H groups in total. The standard InChI is InChI=1S/C15H20O/c1-3-13-5-4-6-14(11-13)15(16)9-7-12(2)8-10-15/h4-6,11,16H,2-3,7-10H2,1H3. The van der Waals surface area contributed by atoms with Crippen molar-refractivity contribution in [2.75, 3.05) is 0 Å². The second-order valence-corrected chi connectivity index (χ2v) is 4.84. The molecule has 0 spiro atoms. The molecule has 1 aromatic rings. The summed E-state index contributed by atoms with van der Waals surface area (Å²) in [5.74, 6) is 0. The van der Waals surface area contributed by atoms with Gasteiger partial charge in [0.2, 0.25) is 0 Å². The fourth-order valence-electron chi connectivity index (χ4n) is 2.39. The highest BCUT2D eigenvalue weighted by atomic mass is 16.3. The molecule has 1 aromatic carbocycles. The van der Waals surface area contributed by atoms with E-state index >= 15 is 0 Å². The van der Waals surface area contributed by atoms with E-state index < -0.39 is 5.60 Å². The van der Waals surface area contributed by atoms with Gasteiger partial charge in [-0.2, -0.15) is 0 Å². The quantitative estimate of drug-likeness (QED) is 0.749. The lowest BCUT2D eigenvalue weighted by Crippen LogP contribution is -2.29. The molecule has 0 atom stereocenters. The second-order valence-electron chi connectivity index (χ2n) is 4.84. The monoisotopic (exact) mass is 216 g/mol. The molecule has 16 heavy (non-hydrogen) atoms. The van der Waals surface area contributed by atoms with E-state index in [4.69, 9.17) is 0 Å². The summed E-state index contributed by atoms with van der Waals surface area (Å²) in [5, 5.41) is 10.6. The zero-order valence-electron chi connectivity index (χ0n) is 10.00. The Labute approximate surface area is 97.8 Å². The van der Waals surface area contributed by atoms with Gasteiger partial charge in [-0.1, -0.05) is 43.3 Å². The Hall–Kier alpha value is -1.08. The summed E-state index contributed by atoms with van der Waals surface area (Å²) in [5.41, 5.74) is 3.04. The molecule has 0 unspecified atom stereocenters. The summed E-state index contributed by atoms with van der Waals surface area (Å²) in [6.07, 6.45) is 4.56. The molecule has 1 nitrogen and oxygen atoms in total. The number of aryl methyl sites for hydroxylation is 1. The highest BCUT2D eigenvalue weighted by Gasteiger charge is 2.32. The van der Waals surface area contributed by atoms with Gasteiger partial charge in [0.1, 0.15) is 0 Å². The molecule has 0 radical (unpaired) electrons. The zero-order chi connectivity index (χ0) is 11.6. The van der Waals surface area contributed by atoms with Gasteiger partial charge in [-0.25, -0.2) is 0 Å². The zero-order valence-corrected chi connectivity index (χ0v) is 10.00. The lowest BCUT2D eigenvalue weighted by atomic mass is 9.77. The second kappa shape index (κ2) is 4.42. The minimum atomic E-state index is -0.619. The van der Waals surface area contributed by atoms with Gasteiger partial charge in [-0.3, -0.25) is 0 Å².